The van der Waals surface area contributed by atoms with E-state index in [9.17, 15) is 4.79 Å². The van der Waals surface area contributed by atoms with Crippen molar-refractivity contribution in [2.45, 2.75) is 31.7 Å². The lowest BCUT2D eigenvalue weighted by atomic mass is 10.1. The average Bonchev–Trinajstić information content (AvgIpc) is 3.06. The maximum absolute atomic E-state index is 12.0. The first kappa shape index (κ1) is 13.2. The summed E-state index contributed by atoms with van der Waals surface area (Å²) >= 11 is 0. The lowest BCUT2D eigenvalue weighted by Crippen LogP contribution is -2.31. The van der Waals surface area contributed by atoms with Crippen molar-refractivity contribution in [3.05, 3.63) is 36.0 Å². The van der Waals surface area contributed by atoms with Crippen LogP contribution in [0.4, 0.5) is 0 Å². The number of aryl methyl sites for hydroxylation is 1. The minimum absolute atomic E-state index is 0.174. The summed E-state index contributed by atoms with van der Waals surface area (Å²) in [4.78, 5) is 17.2. The van der Waals surface area contributed by atoms with Gasteiger partial charge in [0.05, 0.1) is 0 Å². The second-order valence-corrected chi connectivity index (χ2v) is 5.60. The second-order valence-electron chi connectivity index (χ2n) is 5.60. The standard InChI is InChI=1S/C16H21N3O/c17-13-8-9-19(11-13)16(20)7-3-4-12-10-18-15-6-2-1-5-14(12)15/h1-2,5-6,10,13,18H,3-4,7-9,11,17H2. The van der Waals surface area contributed by atoms with Crippen molar-refractivity contribution in [2.75, 3.05) is 13.1 Å². The molecule has 3 rings (SSSR count). The van der Waals surface area contributed by atoms with Crippen molar-refractivity contribution in [3.63, 3.8) is 0 Å². The number of nitrogens with zero attached hydrogens (tertiary/aromatic N) is 1. The molecule has 4 nitrogen and oxygen atoms in total. The molecular formula is C16H21N3O. The molecule has 1 aliphatic heterocycles. The molecule has 0 aliphatic carbocycles. The van der Waals surface area contributed by atoms with Crippen LogP contribution in [0.2, 0.25) is 0 Å². The van der Waals surface area contributed by atoms with Gasteiger partial charge in [-0.1, -0.05) is 18.2 Å². The minimum atomic E-state index is 0.174. The number of hydrogen-bond acceptors (Lipinski definition) is 2. The Morgan fingerprint density at radius 1 is 1.40 bits per heavy atom. The monoisotopic (exact) mass is 271 g/mol. The van der Waals surface area contributed by atoms with Crippen molar-refractivity contribution in [2.24, 2.45) is 5.73 Å². The molecule has 1 aromatic heterocycles. The molecule has 4 heteroatoms. The number of fused-ring (bicyclic) bond motifs is 1. The third kappa shape index (κ3) is 2.70. The molecular weight excluding hydrogens is 250 g/mol. The van der Waals surface area contributed by atoms with E-state index in [0.29, 0.717) is 6.42 Å². The van der Waals surface area contributed by atoms with Crippen LogP contribution in [0.15, 0.2) is 30.5 Å². The summed E-state index contributed by atoms with van der Waals surface area (Å²) in [7, 11) is 0. The van der Waals surface area contributed by atoms with Crippen LogP contribution in [0.5, 0.6) is 0 Å². The van der Waals surface area contributed by atoms with E-state index in [0.717, 1.165) is 32.4 Å². The topological polar surface area (TPSA) is 62.1 Å². The van der Waals surface area contributed by atoms with Gasteiger partial charge in [-0.25, -0.2) is 0 Å². The number of H-pyrrole nitrogens is 1. The molecule has 1 aliphatic rings. The predicted molar refractivity (Wildman–Crippen MR) is 80.4 cm³/mol. The highest BCUT2D eigenvalue weighted by Crippen LogP contribution is 2.20. The highest BCUT2D eigenvalue weighted by atomic mass is 16.2. The van der Waals surface area contributed by atoms with E-state index < -0.39 is 0 Å². The molecule has 1 aromatic carbocycles. The SMILES string of the molecule is NC1CCN(C(=O)CCCc2c[nH]c3ccccc23)C1. The highest BCUT2D eigenvalue weighted by Gasteiger charge is 2.22. The number of aromatic amines is 1. The molecule has 2 heterocycles. The smallest absolute Gasteiger partial charge is 0.222 e. The highest BCUT2D eigenvalue weighted by molar-refractivity contribution is 5.83. The van der Waals surface area contributed by atoms with Crippen LogP contribution in [0.1, 0.15) is 24.8 Å². The van der Waals surface area contributed by atoms with Crippen LogP contribution in [-0.4, -0.2) is 34.9 Å². The molecule has 20 heavy (non-hydrogen) atoms. The van der Waals surface area contributed by atoms with E-state index in [1.54, 1.807) is 0 Å². The van der Waals surface area contributed by atoms with Gasteiger partial charge in [-0.2, -0.15) is 0 Å². The Labute approximate surface area is 118 Å². The molecule has 1 saturated heterocycles. The lowest BCUT2D eigenvalue weighted by molar-refractivity contribution is -0.130. The Morgan fingerprint density at radius 2 is 2.25 bits per heavy atom. The van der Waals surface area contributed by atoms with E-state index in [4.69, 9.17) is 5.73 Å². The van der Waals surface area contributed by atoms with Gasteiger partial charge in [0.25, 0.3) is 0 Å². The first-order valence-corrected chi connectivity index (χ1v) is 7.32. The van der Waals surface area contributed by atoms with E-state index in [2.05, 4.69) is 29.4 Å². The van der Waals surface area contributed by atoms with Gasteiger partial charge in [0.2, 0.25) is 5.91 Å². The number of carbonyl (C=O) groups is 1. The summed E-state index contributed by atoms with van der Waals surface area (Å²) in [6, 6.07) is 8.46. The van der Waals surface area contributed by atoms with Crippen molar-refractivity contribution >= 4 is 16.8 Å². The number of nitrogens with two attached hydrogens (primary N) is 1. The second kappa shape index (κ2) is 5.67. The predicted octanol–water partition coefficient (Wildman–Crippen LogP) is 2.05. The molecule has 0 radical (unpaired) electrons. The van der Waals surface area contributed by atoms with E-state index in [-0.39, 0.29) is 11.9 Å². The minimum Gasteiger partial charge on any atom is -0.361 e. The maximum Gasteiger partial charge on any atom is 0.222 e. The summed E-state index contributed by atoms with van der Waals surface area (Å²) < 4.78 is 0. The van der Waals surface area contributed by atoms with Crippen molar-refractivity contribution < 1.29 is 4.79 Å². The van der Waals surface area contributed by atoms with Gasteiger partial charge in [0.1, 0.15) is 0 Å². The third-order valence-corrected chi connectivity index (χ3v) is 4.09. The Balaban J connectivity index is 1.54. The molecule has 0 spiro atoms. The first-order chi connectivity index (χ1) is 9.74. The Morgan fingerprint density at radius 3 is 3.05 bits per heavy atom. The Hall–Kier alpha value is -1.81. The molecule has 0 saturated carbocycles. The van der Waals surface area contributed by atoms with Crippen LogP contribution in [0.25, 0.3) is 10.9 Å². The molecule has 1 atom stereocenters. The molecule has 0 bridgehead atoms. The van der Waals surface area contributed by atoms with Gasteiger partial charge in [-0.3, -0.25) is 4.79 Å². The van der Waals surface area contributed by atoms with Crippen LogP contribution in [0, 0.1) is 0 Å². The Bertz CT molecular complexity index is 605. The number of para-hydroxylation sites is 1. The first-order valence-electron chi connectivity index (χ1n) is 7.32. The average molecular weight is 271 g/mol. The number of aromatic nitrogens is 1. The summed E-state index contributed by atoms with van der Waals surface area (Å²) in [6.07, 6.45) is 5.45. The number of carbonyl (C=O) groups excluding carboxylic acids is 1. The fourth-order valence-electron chi connectivity index (χ4n) is 2.94. The van der Waals surface area contributed by atoms with Crippen LogP contribution in [0.3, 0.4) is 0 Å². The zero-order chi connectivity index (χ0) is 13.9. The fraction of sp³-hybridized carbons (Fsp3) is 0.438. The zero-order valence-corrected chi connectivity index (χ0v) is 11.6. The quantitative estimate of drug-likeness (QED) is 0.894. The molecule has 2 aromatic rings. The largest absolute Gasteiger partial charge is 0.361 e. The van der Waals surface area contributed by atoms with Gasteiger partial charge >= 0.3 is 0 Å². The molecule has 3 N–H and O–H groups in total. The van der Waals surface area contributed by atoms with Gasteiger partial charge < -0.3 is 15.6 Å². The fourth-order valence-corrected chi connectivity index (χ4v) is 2.94. The lowest BCUT2D eigenvalue weighted by Gasteiger charge is -2.15. The number of hydrogen-bond donors (Lipinski definition) is 2. The summed E-state index contributed by atoms with van der Waals surface area (Å²) in [5.41, 5.74) is 8.30. The molecule has 1 fully saturated rings. The zero-order valence-electron chi connectivity index (χ0n) is 11.6. The van der Waals surface area contributed by atoms with Crippen molar-refractivity contribution in [3.8, 4) is 0 Å². The van der Waals surface area contributed by atoms with Crippen molar-refractivity contribution in [1.29, 1.82) is 0 Å². The summed E-state index contributed by atoms with van der Waals surface area (Å²) in [6.45, 7) is 1.55. The third-order valence-electron chi connectivity index (χ3n) is 4.09. The van der Waals surface area contributed by atoms with Crippen LogP contribution >= 0.6 is 0 Å². The number of likely N-dealkylation sites (tertiary alicyclic amines) is 1. The number of rotatable bonds is 4. The van der Waals surface area contributed by atoms with Gasteiger partial charge in [-0.15, -0.1) is 0 Å². The van der Waals surface area contributed by atoms with Crippen molar-refractivity contribution in [1.82, 2.24) is 9.88 Å². The van der Waals surface area contributed by atoms with Crippen LogP contribution in [-0.2, 0) is 11.2 Å². The molecule has 106 valence electrons. The number of nitrogens with one attached hydrogen (secondary N) is 1. The van der Waals surface area contributed by atoms with E-state index >= 15 is 0 Å². The molecule has 1 unspecified atom stereocenters. The molecule has 1 amide bonds. The van der Waals surface area contributed by atoms with E-state index in [1.807, 2.05) is 11.0 Å². The Kier molecular flexibility index (Phi) is 3.74. The van der Waals surface area contributed by atoms with Gasteiger partial charge in [0, 0.05) is 42.7 Å². The van der Waals surface area contributed by atoms with E-state index in [1.165, 1.54) is 16.5 Å². The summed E-state index contributed by atoms with van der Waals surface area (Å²) in [5.74, 6) is 0.248. The summed E-state index contributed by atoms with van der Waals surface area (Å²) in [5, 5.41) is 1.27. The number of amides is 1. The van der Waals surface area contributed by atoms with Gasteiger partial charge in [-0.05, 0) is 30.9 Å². The van der Waals surface area contributed by atoms with Crippen LogP contribution < -0.4 is 5.73 Å². The van der Waals surface area contributed by atoms with Gasteiger partial charge in [0.15, 0.2) is 0 Å². The normalized spacial score (nSPS) is 18.9. The maximum atomic E-state index is 12.0. The number of benzene rings is 1.